The minimum Gasteiger partial charge on any atom is -0.208 e. The minimum absolute atomic E-state index is 0.657. The molecule has 0 saturated carbocycles. The fourth-order valence-corrected chi connectivity index (χ4v) is 5.74. The number of fused-ring (bicyclic) bond motifs is 2. The highest BCUT2D eigenvalue weighted by Gasteiger charge is 2.13. The molecule has 0 aliphatic carbocycles. The van der Waals surface area contributed by atoms with Gasteiger partial charge in [0.15, 0.2) is 17.5 Å². The first kappa shape index (κ1) is 25.8. The van der Waals surface area contributed by atoms with Crippen molar-refractivity contribution in [3.63, 3.8) is 0 Å². The lowest BCUT2D eigenvalue weighted by atomic mass is 9.96. The molecule has 7 aromatic carbocycles. The van der Waals surface area contributed by atoms with Crippen molar-refractivity contribution >= 4 is 21.5 Å². The average molecular weight is 562 g/mol. The lowest BCUT2D eigenvalue weighted by Crippen LogP contribution is -2.00. The standard InChI is InChI=1S/C41H27N3/c1-4-10-28(11-5-1)32-19-20-34-25-35(22-21-33(34)24-32)36-18-16-29-17-23-37(27-38(29)26-36)41-43-39(30-12-6-2-7-13-30)42-40(44-41)31-14-8-3-9-15-31/h1-27H. The lowest BCUT2D eigenvalue weighted by molar-refractivity contribution is 1.07. The maximum absolute atomic E-state index is 4.93. The summed E-state index contributed by atoms with van der Waals surface area (Å²) in [4.78, 5) is 14.7. The highest BCUT2D eigenvalue weighted by Crippen LogP contribution is 2.32. The van der Waals surface area contributed by atoms with E-state index >= 15 is 0 Å². The van der Waals surface area contributed by atoms with Crippen molar-refractivity contribution in [3.8, 4) is 56.4 Å². The van der Waals surface area contributed by atoms with E-state index in [1.807, 2.05) is 60.7 Å². The third-order valence-electron chi connectivity index (χ3n) is 8.08. The predicted octanol–water partition coefficient (Wildman–Crippen LogP) is 10.5. The molecule has 1 aromatic heterocycles. The first-order chi connectivity index (χ1) is 21.8. The summed E-state index contributed by atoms with van der Waals surface area (Å²) in [7, 11) is 0. The second-order valence-electron chi connectivity index (χ2n) is 11.0. The van der Waals surface area contributed by atoms with Crippen LogP contribution in [0, 0.1) is 0 Å². The van der Waals surface area contributed by atoms with E-state index in [2.05, 4.69) is 103 Å². The van der Waals surface area contributed by atoms with E-state index in [0.717, 1.165) is 22.1 Å². The Hall–Kier alpha value is -5.93. The molecular formula is C41H27N3. The molecule has 3 nitrogen and oxygen atoms in total. The summed E-state index contributed by atoms with van der Waals surface area (Å²) in [5.74, 6) is 1.98. The molecule has 0 atom stereocenters. The number of hydrogen-bond donors (Lipinski definition) is 0. The quantitative estimate of drug-likeness (QED) is 0.210. The van der Waals surface area contributed by atoms with Gasteiger partial charge in [0, 0.05) is 16.7 Å². The molecule has 0 aliphatic heterocycles. The van der Waals surface area contributed by atoms with Crippen LogP contribution in [0.2, 0.25) is 0 Å². The Morgan fingerprint density at radius 1 is 0.227 bits per heavy atom. The molecule has 0 radical (unpaired) electrons. The van der Waals surface area contributed by atoms with Gasteiger partial charge in [-0.15, -0.1) is 0 Å². The van der Waals surface area contributed by atoms with E-state index in [4.69, 9.17) is 15.0 Å². The van der Waals surface area contributed by atoms with Gasteiger partial charge in [-0.1, -0.05) is 140 Å². The number of benzene rings is 7. The molecule has 0 bridgehead atoms. The number of aromatic nitrogens is 3. The third-order valence-corrected chi connectivity index (χ3v) is 8.08. The number of rotatable bonds is 5. The van der Waals surface area contributed by atoms with E-state index in [1.165, 1.54) is 38.4 Å². The van der Waals surface area contributed by atoms with Crippen LogP contribution < -0.4 is 0 Å². The van der Waals surface area contributed by atoms with Gasteiger partial charge in [0.05, 0.1) is 0 Å². The van der Waals surface area contributed by atoms with Crippen molar-refractivity contribution in [2.45, 2.75) is 0 Å². The van der Waals surface area contributed by atoms with E-state index in [-0.39, 0.29) is 0 Å². The second kappa shape index (κ2) is 11.0. The molecule has 8 aromatic rings. The number of nitrogens with zero attached hydrogens (tertiary/aromatic N) is 3. The lowest BCUT2D eigenvalue weighted by Gasteiger charge is -2.10. The van der Waals surface area contributed by atoms with Crippen molar-refractivity contribution in [1.82, 2.24) is 15.0 Å². The molecule has 0 unspecified atom stereocenters. The van der Waals surface area contributed by atoms with Crippen LogP contribution in [-0.2, 0) is 0 Å². The molecular weight excluding hydrogens is 534 g/mol. The zero-order valence-corrected chi connectivity index (χ0v) is 23.9. The van der Waals surface area contributed by atoms with Crippen LogP contribution in [0.1, 0.15) is 0 Å². The van der Waals surface area contributed by atoms with Gasteiger partial charge in [-0.2, -0.15) is 0 Å². The molecule has 44 heavy (non-hydrogen) atoms. The average Bonchev–Trinajstić information content (AvgIpc) is 3.11. The smallest absolute Gasteiger partial charge is 0.164 e. The van der Waals surface area contributed by atoms with Gasteiger partial charge in [-0.25, -0.2) is 15.0 Å². The Bertz CT molecular complexity index is 2200. The first-order valence-electron chi connectivity index (χ1n) is 14.8. The highest BCUT2D eigenvalue weighted by molar-refractivity contribution is 5.94. The maximum atomic E-state index is 4.93. The largest absolute Gasteiger partial charge is 0.208 e. The molecule has 206 valence electrons. The van der Waals surface area contributed by atoms with E-state index in [1.54, 1.807) is 0 Å². The third kappa shape index (κ3) is 5.01. The van der Waals surface area contributed by atoms with Crippen molar-refractivity contribution in [1.29, 1.82) is 0 Å². The predicted molar refractivity (Wildman–Crippen MR) is 182 cm³/mol. The SMILES string of the molecule is c1ccc(-c2ccc3cc(-c4ccc5ccc(-c6nc(-c7ccccc7)nc(-c7ccccc7)n6)cc5c4)ccc3c2)cc1. The Kier molecular flexibility index (Phi) is 6.47. The molecule has 0 aliphatic rings. The topological polar surface area (TPSA) is 38.7 Å². The van der Waals surface area contributed by atoms with Crippen molar-refractivity contribution in [2.24, 2.45) is 0 Å². The molecule has 0 fully saturated rings. The van der Waals surface area contributed by atoms with Gasteiger partial charge >= 0.3 is 0 Å². The van der Waals surface area contributed by atoms with Gasteiger partial charge in [0.25, 0.3) is 0 Å². The molecule has 0 N–H and O–H groups in total. The van der Waals surface area contributed by atoms with Gasteiger partial charge in [0.1, 0.15) is 0 Å². The van der Waals surface area contributed by atoms with E-state index < -0.39 is 0 Å². The van der Waals surface area contributed by atoms with E-state index in [0.29, 0.717) is 17.5 Å². The fourth-order valence-electron chi connectivity index (χ4n) is 5.74. The normalized spacial score (nSPS) is 11.2. The summed E-state index contributed by atoms with van der Waals surface area (Å²) in [6, 6.07) is 57.2. The summed E-state index contributed by atoms with van der Waals surface area (Å²) < 4.78 is 0. The minimum atomic E-state index is 0.657. The number of hydrogen-bond acceptors (Lipinski definition) is 3. The molecule has 0 spiro atoms. The Labute approximate surface area is 256 Å². The zero-order valence-electron chi connectivity index (χ0n) is 23.9. The van der Waals surface area contributed by atoms with Crippen LogP contribution in [0.4, 0.5) is 0 Å². The monoisotopic (exact) mass is 561 g/mol. The van der Waals surface area contributed by atoms with Crippen LogP contribution >= 0.6 is 0 Å². The van der Waals surface area contributed by atoms with Crippen LogP contribution in [0.25, 0.3) is 78.0 Å². The molecule has 3 heteroatoms. The van der Waals surface area contributed by atoms with Crippen LogP contribution in [0.15, 0.2) is 164 Å². The van der Waals surface area contributed by atoms with Crippen LogP contribution in [-0.4, -0.2) is 15.0 Å². The van der Waals surface area contributed by atoms with Gasteiger partial charge in [-0.05, 0) is 68.1 Å². The van der Waals surface area contributed by atoms with Crippen molar-refractivity contribution < 1.29 is 0 Å². The van der Waals surface area contributed by atoms with Crippen molar-refractivity contribution in [2.75, 3.05) is 0 Å². The summed E-state index contributed by atoms with van der Waals surface area (Å²) in [6.45, 7) is 0. The Balaban J connectivity index is 1.19. The van der Waals surface area contributed by atoms with Crippen LogP contribution in [0.5, 0.6) is 0 Å². The first-order valence-corrected chi connectivity index (χ1v) is 14.8. The molecule has 8 rings (SSSR count). The second-order valence-corrected chi connectivity index (χ2v) is 11.0. The summed E-state index contributed by atoms with van der Waals surface area (Å²) >= 11 is 0. The zero-order chi connectivity index (χ0) is 29.3. The summed E-state index contributed by atoms with van der Waals surface area (Å²) in [5.41, 5.74) is 7.71. The van der Waals surface area contributed by atoms with Gasteiger partial charge < -0.3 is 0 Å². The van der Waals surface area contributed by atoms with E-state index in [9.17, 15) is 0 Å². The maximum Gasteiger partial charge on any atom is 0.164 e. The Morgan fingerprint density at radius 3 is 1.07 bits per heavy atom. The highest BCUT2D eigenvalue weighted by atomic mass is 15.0. The molecule has 0 amide bonds. The van der Waals surface area contributed by atoms with Crippen LogP contribution in [0.3, 0.4) is 0 Å². The van der Waals surface area contributed by atoms with Gasteiger partial charge in [-0.3, -0.25) is 0 Å². The summed E-state index contributed by atoms with van der Waals surface area (Å²) in [6.07, 6.45) is 0. The summed E-state index contributed by atoms with van der Waals surface area (Å²) in [5, 5.41) is 4.77. The van der Waals surface area contributed by atoms with Crippen molar-refractivity contribution in [3.05, 3.63) is 164 Å². The molecule has 1 heterocycles. The molecule has 0 saturated heterocycles. The Morgan fingerprint density at radius 2 is 0.568 bits per heavy atom. The fraction of sp³-hybridized carbons (Fsp3) is 0. The van der Waals surface area contributed by atoms with Gasteiger partial charge in [0.2, 0.25) is 0 Å².